The first-order valence-electron chi connectivity index (χ1n) is 10.1. The van der Waals surface area contributed by atoms with Gasteiger partial charge in [-0.1, -0.05) is 32.6 Å². The standard InChI is InChI=1S/C20H30N4O5/c1-3-4-5-6-7-8-15(26)29-16-14(11-25)28-19(20(16,2)27)24-10-9-13-17(21)22-12-23-18(13)24/h9-10,12,14,16,19,25,27H,3-8,11H2,1-2H3,(H2,21,22,23)/t14-,16-,19-,20-/m1/s1. The Kier molecular flexibility index (Phi) is 6.71. The normalized spacial score (nSPS) is 26.8. The minimum absolute atomic E-state index is 0.273. The van der Waals surface area contributed by atoms with Gasteiger partial charge < -0.3 is 30.0 Å². The summed E-state index contributed by atoms with van der Waals surface area (Å²) < 4.78 is 13.0. The Labute approximate surface area is 169 Å². The minimum Gasteiger partial charge on any atom is -0.456 e. The van der Waals surface area contributed by atoms with Gasteiger partial charge in [-0.25, -0.2) is 9.97 Å². The van der Waals surface area contributed by atoms with Crippen LogP contribution >= 0.6 is 0 Å². The van der Waals surface area contributed by atoms with Crippen LogP contribution in [0.5, 0.6) is 0 Å². The monoisotopic (exact) mass is 406 g/mol. The van der Waals surface area contributed by atoms with E-state index >= 15 is 0 Å². The lowest BCUT2D eigenvalue weighted by Gasteiger charge is -2.30. The number of ether oxygens (including phenoxy) is 2. The minimum atomic E-state index is -1.57. The molecule has 0 spiro atoms. The molecule has 0 aromatic carbocycles. The van der Waals surface area contributed by atoms with Gasteiger partial charge in [0.05, 0.1) is 12.0 Å². The van der Waals surface area contributed by atoms with Crippen LogP contribution < -0.4 is 5.73 Å². The smallest absolute Gasteiger partial charge is 0.306 e. The van der Waals surface area contributed by atoms with Gasteiger partial charge in [-0.05, 0) is 19.4 Å². The highest BCUT2D eigenvalue weighted by Gasteiger charge is 2.56. The summed E-state index contributed by atoms with van der Waals surface area (Å²) in [6.45, 7) is 3.27. The molecule has 29 heavy (non-hydrogen) atoms. The number of aliphatic hydroxyl groups excluding tert-OH is 1. The number of nitrogens with two attached hydrogens (primary N) is 1. The summed E-state index contributed by atoms with van der Waals surface area (Å²) in [5.74, 6) is -0.0884. The van der Waals surface area contributed by atoms with Crippen LogP contribution in [-0.4, -0.2) is 55.1 Å². The van der Waals surface area contributed by atoms with Crippen molar-refractivity contribution >= 4 is 22.8 Å². The lowest BCUT2D eigenvalue weighted by atomic mass is 9.96. The summed E-state index contributed by atoms with van der Waals surface area (Å²) in [6.07, 6.45) is 5.59. The number of carbonyl (C=O) groups is 1. The molecule has 1 aliphatic heterocycles. The van der Waals surface area contributed by atoms with E-state index in [1.807, 2.05) is 0 Å². The van der Waals surface area contributed by atoms with Gasteiger partial charge in [-0.3, -0.25) is 4.79 Å². The van der Waals surface area contributed by atoms with Crippen LogP contribution in [0.4, 0.5) is 5.82 Å². The van der Waals surface area contributed by atoms with Gasteiger partial charge in [0.1, 0.15) is 29.5 Å². The second-order valence-corrected chi connectivity index (χ2v) is 7.73. The van der Waals surface area contributed by atoms with E-state index < -0.39 is 36.6 Å². The predicted molar refractivity (Wildman–Crippen MR) is 107 cm³/mol. The predicted octanol–water partition coefficient (Wildman–Crippen LogP) is 1.93. The highest BCUT2D eigenvalue weighted by atomic mass is 16.6. The van der Waals surface area contributed by atoms with E-state index in [4.69, 9.17) is 15.2 Å². The zero-order valence-electron chi connectivity index (χ0n) is 17.0. The third-order valence-electron chi connectivity index (χ3n) is 5.43. The van der Waals surface area contributed by atoms with Crippen LogP contribution in [0, 0.1) is 0 Å². The second-order valence-electron chi connectivity index (χ2n) is 7.73. The molecule has 2 aromatic rings. The second kappa shape index (κ2) is 9.06. The van der Waals surface area contributed by atoms with E-state index in [0.717, 1.165) is 32.1 Å². The number of hydrogen-bond donors (Lipinski definition) is 3. The first-order chi connectivity index (χ1) is 13.9. The molecule has 2 aromatic heterocycles. The maximum absolute atomic E-state index is 12.3. The van der Waals surface area contributed by atoms with Crippen molar-refractivity contribution in [1.82, 2.24) is 14.5 Å². The van der Waals surface area contributed by atoms with E-state index in [2.05, 4.69) is 16.9 Å². The SMILES string of the molecule is CCCCCCCC(=O)O[C@@H]1[C@@H](CO)O[C@@H](n2ccc3c(N)ncnc32)[C@]1(C)O. The number of nitrogen functional groups attached to an aromatic ring is 1. The van der Waals surface area contributed by atoms with Crippen molar-refractivity contribution in [3.8, 4) is 0 Å². The third-order valence-corrected chi connectivity index (χ3v) is 5.43. The quantitative estimate of drug-likeness (QED) is 0.425. The molecule has 1 aliphatic rings. The third kappa shape index (κ3) is 4.36. The number of carbonyl (C=O) groups excluding carboxylic acids is 1. The van der Waals surface area contributed by atoms with Crippen molar-refractivity contribution in [2.24, 2.45) is 0 Å². The molecule has 0 saturated carbocycles. The number of aromatic nitrogens is 3. The molecule has 0 aliphatic carbocycles. The number of nitrogens with zero attached hydrogens (tertiary/aromatic N) is 3. The number of anilines is 1. The van der Waals surface area contributed by atoms with Gasteiger partial charge in [-0.2, -0.15) is 0 Å². The van der Waals surface area contributed by atoms with Crippen molar-refractivity contribution in [2.45, 2.75) is 76.4 Å². The summed E-state index contributed by atoms with van der Waals surface area (Å²) in [4.78, 5) is 20.5. The summed E-state index contributed by atoms with van der Waals surface area (Å²) >= 11 is 0. The van der Waals surface area contributed by atoms with Crippen LogP contribution in [0.1, 0.15) is 58.6 Å². The fourth-order valence-electron chi connectivity index (χ4n) is 3.83. The van der Waals surface area contributed by atoms with Crippen molar-refractivity contribution in [3.63, 3.8) is 0 Å². The van der Waals surface area contributed by atoms with E-state index in [1.54, 1.807) is 16.8 Å². The number of esters is 1. The van der Waals surface area contributed by atoms with Gasteiger partial charge >= 0.3 is 5.97 Å². The number of unbranched alkanes of at least 4 members (excludes halogenated alkanes) is 4. The Morgan fingerprint density at radius 3 is 2.83 bits per heavy atom. The number of aliphatic hydroxyl groups is 2. The lowest BCUT2D eigenvalue weighted by Crippen LogP contribution is -2.47. The molecule has 0 radical (unpaired) electrons. The lowest BCUT2D eigenvalue weighted by molar-refractivity contribution is -0.164. The largest absolute Gasteiger partial charge is 0.456 e. The van der Waals surface area contributed by atoms with E-state index in [-0.39, 0.29) is 6.42 Å². The molecule has 0 bridgehead atoms. The Bertz CT molecular complexity index is 837. The Balaban J connectivity index is 1.74. The molecule has 9 heteroatoms. The van der Waals surface area contributed by atoms with Crippen molar-refractivity contribution in [1.29, 1.82) is 0 Å². The topological polar surface area (TPSA) is 133 Å². The molecule has 0 unspecified atom stereocenters. The molecule has 3 heterocycles. The zero-order chi connectivity index (χ0) is 21.0. The van der Waals surface area contributed by atoms with Crippen LogP contribution in [0.2, 0.25) is 0 Å². The molecule has 4 N–H and O–H groups in total. The summed E-state index contributed by atoms with van der Waals surface area (Å²) in [5, 5.41) is 21.6. The maximum atomic E-state index is 12.3. The highest BCUT2D eigenvalue weighted by molar-refractivity contribution is 5.86. The number of fused-ring (bicyclic) bond motifs is 1. The molecule has 1 fully saturated rings. The highest BCUT2D eigenvalue weighted by Crippen LogP contribution is 2.41. The van der Waals surface area contributed by atoms with Crippen LogP contribution in [0.15, 0.2) is 18.6 Å². The first-order valence-corrected chi connectivity index (χ1v) is 10.1. The average molecular weight is 406 g/mol. The fourth-order valence-corrected chi connectivity index (χ4v) is 3.83. The average Bonchev–Trinajstić information content (AvgIpc) is 3.21. The Hall–Kier alpha value is -2.23. The van der Waals surface area contributed by atoms with Crippen LogP contribution in [0.3, 0.4) is 0 Å². The van der Waals surface area contributed by atoms with Crippen LogP contribution in [0.25, 0.3) is 11.0 Å². The molecule has 9 nitrogen and oxygen atoms in total. The molecule has 4 atom stereocenters. The summed E-state index contributed by atoms with van der Waals surface area (Å²) in [5.41, 5.74) is 4.80. The van der Waals surface area contributed by atoms with Crippen molar-refractivity contribution in [2.75, 3.05) is 12.3 Å². The zero-order valence-corrected chi connectivity index (χ0v) is 17.0. The van der Waals surface area contributed by atoms with E-state index in [1.165, 1.54) is 13.3 Å². The molecule has 3 rings (SSSR count). The van der Waals surface area contributed by atoms with E-state index in [0.29, 0.717) is 16.9 Å². The van der Waals surface area contributed by atoms with Crippen LogP contribution in [-0.2, 0) is 14.3 Å². The Morgan fingerprint density at radius 2 is 2.10 bits per heavy atom. The van der Waals surface area contributed by atoms with Gasteiger partial charge in [0.15, 0.2) is 12.3 Å². The summed E-state index contributed by atoms with van der Waals surface area (Å²) in [7, 11) is 0. The first kappa shape index (κ1) is 21.5. The molecule has 1 saturated heterocycles. The fraction of sp³-hybridized carbons (Fsp3) is 0.650. The molecular weight excluding hydrogens is 376 g/mol. The number of rotatable bonds is 9. The maximum Gasteiger partial charge on any atom is 0.306 e. The van der Waals surface area contributed by atoms with Crippen molar-refractivity contribution < 1.29 is 24.5 Å². The van der Waals surface area contributed by atoms with Gasteiger partial charge in [0.2, 0.25) is 0 Å². The van der Waals surface area contributed by atoms with Crippen molar-refractivity contribution in [3.05, 3.63) is 18.6 Å². The molecule has 160 valence electrons. The molecule has 0 amide bonds. The summed E-state index contributed by atoms with van der Waals surface area (Å²) in [6, 6.07) is 1.73. The van der Waals surface area contributed by atoms with E-state index in [9.17, 15) is 15.0 Å². The number of hydrogen-bond acceptors (Lipinski definition) is 8. The van der Waals surface area contributed by atoms with Gasteiger partial charge in [0.25, 0.3) is 0 Å². The molecular formula is C20H30N4O5. The van der Waals surface area contributed by atoms with Gasteiger partial charge in [-0.15, -0.1) is 0 Å². The van der Waals surface area contributed by atoms with Gasteiger partial charge in [0, 0.05) is 12.6 Å². The Morgan fingerprint density at radius 1 is 1.34 bits per heavy atom.